The molecule has 1 aliphatic rings. The molecule has 8 heteroatoms. The van der Waals surface area contributed by atoms with E-state index in [-0.39, 0.29) is 38.0 Å². The molecule has 22 heavy (non-hydrogen) atoms. The van der Waals surface area contributed by atoms with E-state index in [4.69, 9.17) is 14.9 Å². The maximum Gasteiger partial charge on any atom is 0.305 e. The van der Waals surface area contributed by atoms with Gasteiger partial charge in [0.05, 0.1) is 12.0 Å². The highest BCUT2D eigenvalue weighted by molar-refractivity contribution is 5.95. The zero-order valence-electron chi connectivity index (χ0n) is 11.6. The number of carboxylic acid groups (broad SMARTS) is 1. The Balaban J connectivity index is 2.22. The number of ether oxygens (including phenoxy) is 1. The fourth-order valence-electron chi connectivity index (χ4n) is 2.41. The van der Waals surface area contributed by atoms with Gasteiger partial charge in [-0.05, 0) is 25.0 Å². The van der Waals surface area contributed by atoms with Gasteiger partial charge in [0.25, 0.3) is 5.91 Å². The summed E-state index contributed by atoms with van der Waals surface area (Å²) in [5, 5.41) is 20.6. The molecule has 0 atom stereocenters. The van der Waals surface area contributed by atoms with Gasteiger partial charge in [0.2, 0.25) is 0 Å². The predicted octanol–water partition coefficient (Wildman–Crippen LogP) is 1.42. The zero-order chi connectivity index (χ0) is 16.3. The Kier molecular flexibility index (Phi) is 4.60. The first-order chi connectivity index (χ1) is 10.3. The van der Waals surface area contributed by atoms with Gasteiger partial charge < -0.3 is 20.3 Å². The van der Waals surface area contributed by atoms with Crippen molar-refractivity contribution in [2.24, 2.45) is 0 Å². The van der Waals surface area contributed by atoms with Crippen molar-refractivity contribution in [3.05, 3.63) is 29.3 Å². The summed E-state index contributed by atoms with van der Waals surface area (Å²) in [5.41, 5.74) is -1.35. The number of halogens is 2. The zero-order valence-corrected chi connectivity index (χ0v) is 11.6. The van der Waals surface area contributed by atoms with E-state index in [0.717, 1.165) is 0 Å². The van der Waals surface area contributed by atoms with E-state index in [2.05, 4.69) is 5.32 Å². The molecule has 0 aromatic heterocycles. The van der Waals surface area contributed by atoms with Gasteiger partial charge in [-0.25, -0.2) is 8.78 Å². The minimum Gasteiger partial charge on any atom is -0.503 e. The van der Waals surface area contributed by atoms with Crippen molar-refractivity contribution in [2.45, 2.75) is 24.8 Å². The molecular weight excluding hydrogens is 300 g/mol. The Morgan fingerprint density at radius 2 is 1.77 bits per heavy atom. The molecule has 2 rings (SSSR count). The van der Waals surface area contributed by atoms with Gasteiger partial charge in [0.1, 0.15) is 0 Å². The lowest BCUT2D eigenvalue weighted by molar-refractivity contribution is -0.139. The highest BCUT2D eigenvalue weighted by Gasteiger charge is 2.36. The van der Waals surface area contributed by atoms with Gasteiger partial charge in [-0.15, -0.1) is 0 Å². The van der Waals surface area contributed by atoms with Crippen molar-refractivity contribution in [1.82, 2.24) is 5.32 Å². The summed E-state index contributed by atoms with van der Waals surface area (Å²) < 4.78 is 31.8. The Labute approximate surface area is 124 Å². The number of hydrogen-bond donors (Lipinski definition) is 3. The molecule has 3 N–H and O–H groups in total. The lowest BCUT2D eigenvalue weighted by Gasteiger charge is -2.36. The third-order valence-electron chi connectivity index (χ3n) is 3.60. The normalized spacial score (nSPS) is 17.0. The Morgan fingerprint density at radius 3 is 2.27 bits per heavy atom. The van der Waals surface area contributed by atoms with E-state index < -0.39 is 34.8 Å². The van der Waals surface area contributed by atoms with Crippen LogP contribution in [0, 0.1) is 11.6 Å². The number of carboxylic acids is 1. The molecule has 0 radical (unpaired) electrons. The molecule has 0 saturated carbocycles. The Morgan fingerprint density at radius 1 is 1.23 bits per heavy atom. The molecule has 1 aromatic rings. The summed E-state index contributed by atoms with van der Waals surface area (Å²) in [4.78, 5) is 23.2. The average molecular weight is 315 g/mol. The number of rotatable bonds is 4. The second-order valence-corrected chi connectivity index (χ2v) is 5.21. The molecule has 1 fully saturated rings. The van der Waals surface area contributed by atoms with Crippen molar-refractivity contribution < 1.29 is 33.3 Å². The maximum absolute atomic E-state index is 13.3. The lowest BCUT2D eigenvalue weighted by Crippen LogP contribution is -2.53. The van der Waals surface area contributed by atoms with Gasteiger partial charge in [0.15, 0.2) is 17.4 Å². The third-order valence-corrected chi connectivity index (χ3v) is 3.60. The number of aliphatic carboxylic acids is 1. The molecule has 120 valence electrons. The molecule has 1 heterocycles. The predicted molar refractivity (Wildman–Crippen MR) is 70.5 cm³/mol. The van der Waals surface area contributed by atoms with Crippen LogP contribution < -0.4 is 5.32 Å². The number of amides is 1. The monoisotopic (exact) mass is 315 g/mol. The smallest absolute Gasteiger partial charge is 0.305 e. The van der Waals surface area contributed by atoms with Crippen LogP contribution in [0.25, 0.3) is 0 Å². The van der Waals surface area contributed by atoms with E-state index in [1.807, 2.05) is 0 Å². The van der Waals surface area contributed by atoms with Gasteiger partial charge in [-0.3, -0.25) is 9.59 Å². The molecule has 1 saturated heterocycles. The van der Waals surface area contributed by atoms with Crippen LogP contribution >= 0.6 is 0 Å². The van der Waals surface area contributed by atoms with Crippen LogP contribution in [0.1, 0.15) is 29.6 Å². The number of carbonyl (C=O) groups excluding carboxylic acids is 1. The first kappa shape index (κ1) is 16.2. The van der Waals surface area contributed by atoms with Gasteiger partial charge >= 0.3 is 5.97 Å². The summed E-state index contributed by atoms with van der Waals surface area (Å²) >= 11 is 0. The third kappa shape index (κ3) is 3.51. The number of carbonyl (C=O) groups is 2. The second-order valence-electron chi connectivity index (χ2n) is 5.21. The molecule has 1 aromatic carbocycles. The first-order valence-corrected chi connectivity index (χ1v) is 6.63. The molecule has 1 amide bonds. The fourth-order valence-corrected chi connectivity index (χ4v) is 2.41. The minimum absolute atomic E-state index is 0.284. The van der Waals surface area contributed by atoms with Crippen LogP contribution in [0.5, 0.6) is 5.75 Å². The molecule has 0 unspecified atom stereocenters. The Bertz CT molecular complexity index is 576. The van der Waals surface area contributed by atoms with Crippen molar-refractivity contribution in [3.8, 4) is 5.75 Å². The number of phenolic OH excluding ortho intramolecular Hbond substituents is 1. The van der Waals surface area contributed by atoms with E-state index in [9.17, 15) is 18.4 Å². The average Bonchev–Trinajstić information content (AvgIpc) is 2.44. The SMILES string of the molecule is O=C(O)CC1(NC(=O)c2cc(F)c(O)c(F)c2)CCOCC1. The van der Waals surface area contributed by atoms with E-state index in [1.165, 1.54) is 0 Å². The molecule has 0 spiro atoms. The molecule has 0 bridgehead atoms. The molecule has 0 aliphatic carbocycles. The number of nitrogens with one attached hydrogen (secondary N) is 1. The topological polar surface area (TPSA) is 95.9 Å². The van der Waals surface area contributed by atoms with Crippen molar-refractivity contribution in [1.29, 1.82) is 0 Å². The van der Waals surface area contributed by atoms with Crippen LogP contribution in [0.3, 0.4) is 0 Å². The summed E-state index contributed by atoms with van der Waals surface area (Å²) in [6.07, 6.45) is 0.257. The van der Waals surface area contributed by atoms with Crippen LogP contribution in [0.2, 0.25) is 0 Å². The number of benzene rings is 1. The Hall–Kier alpha value is -2.22. The van der Waals surface area contributed by atoms with Crippen LogP contribution in [-0.2, 0) is 9.53 Å². The number of phenols is 1. The lowest BCUT2D eigenvalue weighted by atomic mass is 9.86. The summed E-state index contributed by atoms with van der Waals surface area (Å²) in [6, 6.07) is 1.39. The van der Waals surface area contributed by atoms with Crippen molar-refractivity contribution in [3.63, 3.8) is 0 Å². The van der Waals surface area contributed by atoms with Gasteiger partial charge in [-0.1, -0.05) is 0 Å². The van der Waals surface area contributed by atoms with E-state index in [1.54, 1.807) is 0 Å². The van der Waals surface area contributed by atoms with E-state index in [0.29, 0.717) is 12.1 Å². The molecular formula is C14H15F2NO5. The first-order valence-electron chi connectivity index (χ1n) is 6.63. The van der Waals surface area contributed by atoms with Crippen LogP contribution in [-0.4, -0.2) is 40.8 Å². The number of aromatic hydroxyl groups is 1. The fraction of sp³-hybridized carbons (Fsp3) is 0.429. The van der Waals surface area contributed by atoms with Crippen LogP contribution in [0.15, 0.2) is 12.1 Å². The summed E-state index contributed by atoms with van der Waals surface area (Å²) in [6.45, 7) is 0.567. The maximum atomic E-state index is 13.3. The highest BCUT2D eigenvalue weighted by atomic mass is 19.1. The largest absolute Gasteiger partial charge is 0.503 e. The van der Waals surface area contributed by atoms with Gasteiger partial charge in [0, 0.05) is 18.8 Å². The quantitative estimate of drug-likeness (QED) is 0.781. The van der Waals surface area contributed by atoms with Crippen LogP contribution in [0.4, 0.5) is 8.78 Å². The van der Waals surface area contributed by atoms with Gasteiger partial charge in [-0.2, -0.15) is 0 Å². The summed E-state index contributed by atoms with van der Waals surface area (Å²) in [7, 11) is 0. The number of hydrogen-bond acceptors (Lipinski definition) is 4. The summed E-state index contributed by atoms with van der Waals surface area (Å²) in [5.74, 6) is -5.58. The standard InChI is InChI=1S/C14H15F2NO5/c15-9-5-8(6-10(16)12(9)20)13(21)17-14(7-11(18)19)1-3-22-4-2-14/h5-6,20H,1-4,7H2,(H,17,21)(H,18,19). The van der Waals surface area contributed by atoms with Crippen molar-refractivity contribution in [2.75, 3.05) is 13.2 Å². The highest BCUT2D eigenvalue weighted by Crippen LogP contribution is 2.26. The van der Waals surface area contributed by atoms with E-state index >= 15 is 0 Å². The second kappa shape index (κ2) is 6.27. The molecule has 6 nitrogen and oxygen atoms in total. The molecule has 1 aliphatic heterocycles. The van der Waals surface area contributed by atoms with Crippen molar-refractivity contribution >= 4 is 11.9 Å². The minimum atomic E-state index is -1.26.